The Balaban J connectivity index is 1.89. The van der Waals surface area contributed by atoms with E-state index < -0.39 is 7.60 Å². The first kappa shape index (κ1) is 20.9. The molecular weight excluding hydrogens is 359 g/mol. The Morgan fingerprint density at radius 2 is 1.92 bits per heavy atom. The van der Waals surface area contributed by atoms with Crippen molar-refractivity contribution in [3.63, 3.8) is 0 Å². The summed E-state index contributed by atoms with van der Waals surface area (Å²) in [6.07, 6.45) is 1.46. The molecule has 0 spiro atoms. The highest BCUT2D eigenvalue weighted by molar-refractivity contribution is 7.53. The van der Waals surface area contributed by atoms with Gasteiger partial charge in [-0.1, -0.05) is 0 Å². The second-order valence-electron chi connectivity index (χ2n) is 6.86. The molecule has 0 radical (unpaired) electrons. The third-order valence-corrected chi connectivity index (χ3v) is 5.40. The van der Waals surface area contributed by atoms with Crippen LogP contribution < -0.4 is 16.6 Å². The van der Waals surface area contributed by atoms with E-state index in [2.05, 4.69) is 10.3 Å². The SMILES string of the molecule is CC(C)OP(=O)(COCCn1c(N)nc(NC2CC2)cc1=O)OC(C)C. The minimum Gasteiger partial charge on any atom is -0.369 e. The van der Waals surface area contributed by atoms with Gasteiger partial charge in [-0.2, -0.15) is 4.98 Å². The summed E-state index contributed by atoms with van der Waals surface area (Å²) in [5.41, 5.74) is 5.61. The number of ether oxygens (including phenoxy) is 1. The molecule has 0 aliphatic heterocycles. The molecule has 1 aliphatic rings. The molecule has 0 amide bonds. The van der Waals surface area contributed by atoms with Gasteiger partial charge in [0, 0.05) is 12.1 Å². The zero-order valence-corrected chi connectivity index (χ0v) is 16.7. The lowest BCUT2D eigenvalue weighted by molar-refractivity contribution is 0.0957. The molecule has 1 aliphatic carbocycles. The molecule has 2 rings (SSSR count). The normalized spacial score (nSPS) is 15.0. The molecule has 1 heterocycles. The van der Waals surface area contributed by atoms with E-state index in [0.29, 0.717) is 11.9 Å². The van der Waals surface area contributed by atoms with E-state index in [-0.39, 0.29) is 43.2 Å². The number of hydrogen-bond acceptors (Lipinski definition) is 8. The minimum absolute atomic E-state index is 0.115. The molecule has 0 unspecified atom stereocenters. The first-order chi connectivity index (χ1) is 12.2. The third-order valence-electron chi connectivity index (χ3n) is 3.42. The lowest BCUT2D eigenvalue weighted by Gasteiger charge is -2.22. The molecule has 1 aromatic heterocycles. The smallest absolute Gasteiger partial charge is 0.356 e. The van der Waals surface area contributed by atoms with E-state index in [1.807, 2.05) is 0 Å². The van der Waals surface area contributed by atoms with Crippen LogP contribution in [0.15, 0.2) is 10.9 Å². The van der Waals surface area contributed by atoms with E-state index in [4.69, 9.17) is 19.5 Å². The molecule has 1 saturated carbocycles. The van der Waals surface area contributed by atoms with Crippen molar-refractivity contribution in [2.24, 2.45) is 0 Å². The first-order valence-corrected chi connectivity index (χ1v) is 10.6. The lowest BCUT2D eigenvalue weighted by atomic mass is 10.5. The Labute approximate surface area is 153 Å². The Hall–Kier alpha value is -1.41. The van der Waals surface area contributed by atoms with Gasteiger partial charge in [0.15, 0.2) is 0 Å². The molecule has 148 valence electrons. The number of anilines is 2. The second kappa shape index (κ2) is 8.99. The highest BCUT2D eigenvalue weighted by Gasteiger charge is 2.28. The second-order valence-corrected chi connectivity index (χ2v) is 8.77. The van der Waals surface area contributed by atoms with Crippen LogP contribution in [0, 0.1) is 0 Å². The lowest BCUT2D eigenvalue weighted by Crippen LogP contribution is -2.27. The number of nitrogens with zero attached hydrogens (tertiary/aromatic N) is 2. The van der Waals surface area contributed by atoms with Crippen molar-refractivity contribution in [3.8, 4) is 0 Å². The van der Waals surface area contributed by atoms with Gasteiger partial charge in [-0.25, -0.2) is 0 Å². The maximum atomic E-state index is 12.6. The average molecular weight is 388 g/mol. The van der Waals surface area contributed by atoms with Gasteiger partial charge in [0.05, 0.1) is 25.4 Å². The Bertz CT molecular complexity index is 688. The summed E-state index contributed by atoms with van der Waals surface area (Å²) in [5, 5.41) is 3.14. The van der Waals surface area contributed by atoms with E-state index in [9.17, 15) is 9.36 Å². The number of nitrogens with two attached hydrogens (primary N) is 1. The summed E-state index contributed by atoms with van der Waals surface area (Å²) in [5.74, 6) is 0.608. The molecule has 3 N–H and O–H groups in total. The standard InChI is InChI=1S/C16H29N4O5P/c1-11(2)24-26(22,25-12(3)4)10-23-8-7-20-15(21)9-14(19-16(20)17)18-13-5-6-13/h9,11-13,18H,5-8,10H2,1-4H3,(H2,17,19). The van der Waals surface area contributed by atoms with Crippen molar-refractivity contribution in [2.75, 3.05) is 24.0 Å². The molecule has 0 bridgehead atoms. The minimum atomic E-state index is -3.36. The molecule has 10 heteroatoms. The molecule has 1 fully saturated rings. The molecule has 26 heavy (non-hydrogen) atoms. The summed E-state index contributed by atoms with van der Waals surface area (Å²) in [7, 11) is -3.36. The zero-order chi connectivity index (χ0) is 19.3. The summed E-state index contributed by atoms with van der Waals surface area (Å²) < 4.78 is 30.2. The average Bonchev–Trinajstić information content (AvgIpc) is 3.27. The van der Waals surface area contributed by atoms with Crippen LogP contribution in [0.1, 0.15) is 40.5 Å². The van der Waals surface area contributed by atoms with Gasteiger partial charge in [0.25, 0.3) is 5.56 Å². The van der Waals surface area contributed by atoms with Crippen LogP contribution in [0.2, 0.25) is 0 Å². The molecule has 0 saturated heterocycles. The molecule has 0 atom stereocenters. The maximum Gasteiger partial charge on any atom is 0.356 e. The van der Waals surface area contributed by atoms with Crippen molar-refractivity contribution in [3.05, 3.63) is 16.4 Å². The Kier molecular flexibility index (Phi) is 7.23. The summed E-state index contributed by atoms with van der Waals surface area (Å²) in [6.45, 7) is 7.44. The van der Waals surface area contributed by atoms with Crippen molar-refractivity contribution in [1.29, 1.82) is 0 Å². The highest BCUT2D eigenvalue weighted by Crippen LogP contribution is 2.50. The van der Waals surface area contributed by atoms with Gasteiger partial charge in [-0.05, 0) is 40.5 Å². The predicted octanol–water partition coefficient (Wildman–Crippen LogP) is 2.42. The molecule has 1 aromatic rings. The quantitative estimate of drug-likeness (QED) is 0.438. The fourth-order valence-electron chi connectivity index (χ4n) is 2.32. The van der Waals surface area contributed by atoms with Crippen LogP contribution in [0.3, 0.4) is 0 Å². The van der Waals surface area contributed by atoms with E-state index >= 15 is 0 Å². The zero-order valence-electron chi connectivity index (χ0n) is 15.8. The summed E-state index contributed by atoms with van der Waals surface area (Å²) in [6, 6.07) is 1.81. The fraction of sp³-hybridized carbons (Fsp3) is 0.750. The van der Waals surface area contributed by atoms with Crippen molar-refractivity contribution in [1.82, 2.24) is 9.55 Å². The summed E-state index contributed by atoms with van der Waals surface area (Å²) in [4.78, 5) is 16.4. The van der Waals surface area contributed by atoms with Crippen molar-refractivity contribution >= 4 is 19.4 Å². The van der Waals surface area contributed by atoms with Crippen LogP contribution in [-0.2, 0) is 24.9 Å². The number of nitrogen functional groups attached to an aromatic ring is 1. The largest absolute Gasteiger partial charge is 0.369 e. The van der Waals surface area contributed by atoms with Gasteiger partial charge < -0.3 is 24.8 Å². The molecule has 9 nitrogen and oxygen atoms in total. The summed E-state index contributed by atoms with van der Waals surface area (Å²) >= 11 is 0. The maximum absolute atomic E-state index is 12.6. The van der Waals surface area contributed by atoms with Crippen molar-refractivity contribution in [2.45, 2.75) is 65.3 Å². The van der Waals surface area contributed by atoms with Gasteiger partial charge in [-0.15, -0.1) is 0 Å². The monoisotopic (exact) mass is 388 g/mol. The first-order valence-electron chi connectivity index (χ1n) is 8.86. The van der Waals surface area contributed by atoms with Gasteiger partial charge >= 0.3 is 7.60 Å². The topological polar surface area (TPSA) is 118 Å². The predicted molar refractivity (Wildman–Crippen MR) is 100 cm³/mol. The van der Waals surface area contributed by atoms with Crippen LogP contribution in [0.4, 0.5) is 11.8 Å². The van der Waals surface area contributed by atoms with Crippen LogP contribution in [-0.4, -0.2) is 40.8 Å². The number of nitrogens with one attached hydrogen (secondary N) is 1. The number of rotatable bonds is 11. The van der Waals surface area contributed by atoms with Crippen LogP contribution >= 0.6 is 7.60 Å². The molecular formula is C16H29N4O5P. The highest BCUT2D eigenvalue weighted by atomic mass is 31.2. The van der Waals surface area contributed by atoms with E-state index in [1.165, 1.54) is 10.6 Å². The van der Waals surface area contributed by atoms with Crippen LogP contribution in [0.25, 0.3) is 0 Å². The Morgan fingerprint density at radius 1 is 1.31 bits per heavy atom. The van der Waals surface area contributed by atoms with Crippen LogP contribution in [0.5, 0.6) is 0 Å². The number of aromatic nitrogens is 2. The van der Waals surface area contributed by atoms with Gasteiger partial charge in [0.1, 0.15) is 12.2 Å². The Morgan fingerprint density at radius 3 is 2.42 bits per heavy atom. The third kappa shape index (κ3) is 6.72. The fourth-order valence-corrected chi connectivity index (χ4v) is 4.13. The van der Waals surface area contributed by atoms with Crippen molar-refractivity contribution < 1.29 is 18.3 Å². The molecule has 0 aromatic carbocycles. The van der Waals surface area contributed by atoms with Gasteiger partial charge in [0.2, 0.25) is 5.95 Å². The van der Waals surface area contributed by atoms with E-state index in [0.717, 1.165) is 12.8 Å². The van der Waals surface area contributed by atoms with Gasteiger partial charge in [-0.3, -0.25) is 13.9 Å². The van der Waals surface area contributed by atoms with E-state index in [1.54, 1.807) is 27.7 Å². The number of hydrogen-bond donors (Lipinski definition) is 2.